The molecule has 0 saturated carbocycles. The summed E-state index contributed by atoms with van der Waals surface area (Å²) >= 11 is 0. The number of nitrogens with zero attached hydrogens (tertiary/aromatic N) is 2. The van der Waals surface area contributed by atoms with Crippen LogP contribution in [0, 0.1) is 6.92 Å². The molecule has 3 aromatic carbocycles. The third-order valence-corrected chi connectivity index (χ3v) is 12.3. The van der Waals surface area contributed by atoms with Crippen LogP contribution >= 0.6 is 0 Å². The average Bonchev–Trinajstić information content (AvgIpc) is 3.37. The molecular weight excluding hydrogens is 532 g/mol. The molecule has 0 aliphatic carbocycles. The quantitative estimate of drug-likeness (QED) is 0.140. The van der Waals surface area contributed by atoms with E-state index >= 15 is 0 Å². The second kappa shape index (κ2) is 12.8. The van der Waals surface area contributed by atoms with Crippen LogP contribution < -0.4 is 10.4 Å². The number of carboxylic acids is 1. The van der Waals surface area contributed by atoms with E-state index in [1.807, 2.05) is 25.1 Å². The molecule has 1 N–H and O–H groups in total. The summed E-state index contributed by atoms with van der Waals surface area (Å²) in [6.07, 6.45) is 1.66. The van der Waals surface area contributed by atoms with Gasteiger partial charge in [-0.05, 0) is 28.4 Å². The second-order valence-corrected chi connectivity index (χ2v) is 15.5. The van der Waals surface area contributed by atoms with Gasteiger partial charge in [0, 0.05) is 25.2 Å². The molecule has 0 aliphatic rings. The van der Waals surface area contributed by atoms with Gasteiger partial charge in [0.15, 0.2) is 5.78 Å². The number of carbonyl (C=O) groups excluding carboxylic acids is 1. The zero-order valence-corrected chi connectivity index (χ0v) is 25.4. The lowest BCUT2D eigenvalue weighted by Gasteiger charge is -2.43. The predicted molar refractivity (Wildman–Crippen MR) is 164 cm³/mol. The summed E-state index contributed by atoms with van der Waals surface area (Å²) in [6, 6.07) is 26.1. The van der Waals surface area contributed by atoms with Crippen LogP contribution in [0.2, 0.25) is 5.04 Å². The summed E-state index contributed by atoms with van der Waals surface area (Å²) in [5.41, 5.74) is 1.73. The lowest BCUT2D eigenvalue weighted by molar-refractivity contribution is 0.0697. The van der Waals surface area contributed by atoms with E-state index in [1.165, 1.54) is 17.3 Å². The first-order valence-electron chi connectivity index (χ1n) is 13.8. The van der Waals surface area contributed by atoms with Gasteiger partial charge in [-0.25, -0.2) is 9.78 Å². The van der Waals surface area contributed by atoms with Gasteiger partial charge in [0.2, 0.25) is 0 Å². The number of carboxylic acid groups (broad SMARTS) is 1. The van der Waals surface area contributed by atoms with Crippen molar-refractivity contribution in [1.82, 2.24) is 9.55 Å². The second-order valence-electron chi connectivity index (χ2n) is 11.2. The third kappa shape index (κ3) is 6.56. The number of carbonyl (C=O) groups is 2. The molecule has 0 saturated heterocycles. The van der Waals surface area contributed by atoms with Crippen molar-refractivity contribution in [2.45, 2.75) is 46.2 Å². The van der Waals surface area contributed by atoms with Gasteiger partial charge >= 0.3 is 5.97 Å². The summed E-state index contributed by atoms with van der Waals surface area (Å²) in [6.45, 7) is 11.6. The zero-order chi connectivity index (χ0) is 29.6. The first kappa shape index (κ1) is 30.1. The molecule has 1 heterocycles. The van der Waals surface area contributed by atoms with Crippen molar-refractivity contribution >= 4 is 30.4 Å². The van der Waals surface area contributed by atoms with Crippen molar-refractivity contribution in [3.8, 4) is 11.4 Å². The Balaban J connectivity index is 1.49. The van der Waals surface area contributed by atoms with E-state index in [0.29, 0.717) is 37.8 Å². The van der Waals surface area contributed by atoms with Crippen molar-refractivity contribution in [3.63, 3.8) is 0 Å². The molecule has 4 rings (SSSR count). The minimum atomic E-state index is -2.65. The van der Waals surface area contributed by atoms with Crippen LogP contribution in [0.3, 0.4) is 0 Å². The number of rotatable bonds is 12. The fourth-order valence-electron chi connectivity index (χ4n) is 5.28. The van der Waals surface area contributed by atoms with Crippen LogP contribution in [-0.2, 0) is 15.7 Å². The Morgan fingerprint density at radius 2 is 1.51 bits per heavy atom. The van der Waals surface area contributed by atoms with Gasteiger partial charge in [-0.1, -0.05) is 99.1 Å². The maximum atomic E-state index is 12.1. The molecule has 7 nitrogen and oxygen atoms in total. The summed E-state index contributed by atoms with van der Waals surface area (Å²) in [4.78, 5) is 28.5. The molecule has 0 aliphatic heterocycles. The lowest BCUT2D eigenvalue weighted by Crippen LogP contribution is -2.66. The molecule has 8 heteroatoms. The molecule has 0 spiro atoms. The number of ketones is 1. The SMILES string of the molecule is CC(=O)c1cn(CCOCCO[Si](c2ccccc2)(c2ccccc2)C(C)(C)C)c(-c2ccc(C)cc2C(=O)O)n1. The van der Waals surface area contributed by atoms with E-state index in [-0.39, 0.29) is 22.1 Å². The fraction of sp³-hybridized carbons (Fsp3) is 0.303. The van der Waals surface area contributed by atoms with E-state index in [1.54, 1.807) is 22.9 Å². The topological polar surface area (TPSA) is 90.7 Å². The van der Waals surface area contributed by atoms with Gasteiger partial charge in [0.05, 0.1) is 25.4 Å². The Morgan fingerprint density at radius 1 is 0.902 bits per heavy atom. The highest BCUT2D eigenvalue weighted by Gasteiger charge is 2.50. The predicted octanol–water partition coefficient (Wildman–Crippen LogP) is 5.35. The van der Waals surface area contributed by atoms with Crippen LogP contribution in [0.25, 0.3) is 11.4 Å². The third-order valence-electron chi connectivity index (χ3n) is 7.22. The van der Waals surface area contributed by atoms with E-state index < -0.39 is 14.3 Å². The molecule has 0 bridgehead atoms. The number of hydrogen-bond donors (Lipinski definition) is 1. The highest BCUT2D eigenvalue weighted by molar-refractivity contribution is 6.99. The van der Waals surface area contributed by atoms with Gasteiger partial charge in [0.25, 0.3) is 8.32 Å². The number of aromatic carboxylic acids is 1. The number of aromatic nitrogens is 2. The molecule has 0 radical (unpaired) electrons. The van der Waals surface area contributed by atoms with E-state index in [2.05, 4.69) is 74.3 Å². The van der Waals surface area contributed by atoms with Crippen molar-refractivity contribution < 1.29 is 23.9 Å². The Bertz CT molecular complexity index is 1450. The number of hydrogen-bond acceptors (Lipinski definition) is 5. The molecule has 0 amide bonds. The zero-order valence-electron chi connectivity index (χ0n) is 24.4. The minimum Gasteiger partial charge on any atom is -0.478 e. The number of Topliss-reactive ketones (excluding diaryl/α,β-unsaturated/α-hetero) is 1. The average molecular weight is 571 g/mol. The maximum absolute atomic E-state index is 12.1. The molecule has 214 valence electrons. The lowest BCUT2D eigenvalue weighted by atomic mass is 10.0. The Morgan fingerprint density at radius 3 is 2.05 bits per heavy atom. The number of imidazole rings is 1. The monoisotopic (exact) mass is 570 g/mol. The van der Waals surface area contributed by atoms with E-state index in [0.717, 1.165) is 5.56 Å². The number of ether oxygens (including phenoxy) is 1. The van der Waals surface area contributed by atoms with Crippen molar-refractivity contribution in [3.05, 3.63) is 102 Å². The number of benzene rings is 3. The summed E-state index contributed by atoms with van der Waals surface area (Å²) in [5, 5.41) is 12.1. The maximum Gasteiger partial charge on any atom is 0.336 e. The first-order valence-corrected chi connectivity index (χ1v) is 15.7. The van der Waals surface area contributed by atoms with Gasteiger partial charge in [-0.2, -0.15) is 0 Å². The molecule has 0 unspecified atom stereocenters. The van der Waals surface area contributed by atoms with Gasteiger partial charge in [0.1, 0.15) is 11.5 Å². The molecular formula is C33H38N2O5Si. The highest BCUT2D eigenvalue weighted by atomic mass is 28.4. The first-order chi connectivity index (χ1) is 19.5. The van der Waals surface area contributed by atoms with Crippen molar-refractivity contribution in [2.24, 2.45) is 0 Å². The summed E-state index contributed by atoms with van der Waals surface area (Å²) in [5.74, 6) is -0.798. The Labute approximate surface area is 242 Å². The van der Waals surface area contributed by atoms with Gasteiger partial charge in [-0.15, -0.1) is 0 Å². The van der Waals surface area contributed by atoms with E-state index in [9.17, 15) is 14.7 Å². The normalized spacial score (nSPS) is 11.9. The molecule has 1 aromatic heterocycles. The fourth-order valence-corrected chi connectivity index (χ4v) is 9.83. The Kier molecular flexibility index (Phi) is 9.37. The van der Waals surface area contributed by atoms with Crippen LogP contribution in [0.5, 0.6) is 0 Å². The van der Waals surface area contributed by atoms with Crippen molar-refractivity contribution in [2.75, 3.05) is 19.8 Å². The standard InChI is InChI=1S/C33H38N2O5Si/c1-24-16-17-28(29(22-24)32(37)38)31-34-30(25(2)36)23-35(31)18-19-39-20-21-40-41(33(3,4)5,26-12-8-6-9-13-26)27-14-10-7-11-15-27/h6-17,22-23H,18-21H2,1-5H3,(H,37,38). The molecule has 0 fully saturated rings. The Hall–Kier alpha value is -3.85. The molecule has 0 atom stereocenters. The summed E-state index contributed by atoms with van der Waals surface area (Å²) in [7, 11) is -2.65. The van der Waals surface area contributed by atoms with E-state index in [4.69, 9.17) is 9.16 Å². The van der Waals surface area contributed by atoms with Crippen LogP contribution in [0.4, 0.5) is 0 Å². The molecule has 4 aromatic rings. The van der Waals surface area contributed by atoms with Crippen LogP contribution in [0.15, 0.2) is 85.1 Å². The van der Waals surface area contributed by atoms with Crippen LogP contribution in [0.1, 0.15) is 54.1 Å². The van der Waals surface area contributed by atoms with Crippen LogP contribution in [-0.4, -0.2) is 54.5 Å². The molecule has 41 heavy (non-hydrogen) atoms. The largest absolute Gasteiger partial charge is 0.478 e. The van der Waals surface area contributed by atoms with Gasteiger partial charge in [-0.3, -0.25) is 4.79 Å². The van der Waals surface area contributed by atoms with Crippen molar-refractivity contribution in [1.29, 1.82) is 0 Å². The van der Waals surface area contributed by atoms with Gasteiger partial charge < -0.3 is 18.8 Å². The highest BCUT2D eigenvalue weighted by Crippen LogP contribution is 2.36. The minimum absolute atomic E-state index is 0.125. The smallest absolute Gasteiger partial charge is 0.336 e. The summed E-state index contributed by atoms with van der Waals surface area (Å²) < 4.78 is 14.7. The number of aryl methyl sites for hydroxylation is 1.